The van der Waals surface area contributed by atoms with Crippen LogP contribution >= 0.6 is 11.6 Å². The van der Waals surface area contributed by atoms with E-state index in [0.29, 0.717) is 17.9 Å². The summed E-state index contributed by atoms with van der Waals surface area (Å²) in [5, 5.41) is 4.20. The second kappa shape index (κ2) is 3.46. The zero-order valence-corrected chi connectivity index (χ0v) is 8.51. The van der Waals surface area contributed by atoms with Gasteiger partial charge in [-0.1, -0.05) is 6.92 Å². The molecule has 2 aromatic heterocycles. The van der Waals surface area contributed by atoms with Gasteiger partial charge in [-0.3, -0.25) is 4.79 Å². The summed E-state index contributed by atoms with van der Waals surface area (Å²) in [5.41, 5.74) is 2.11. The Labute approximate surface area is 85.5 Å². The number of nitrogens with zero attached hydrogens (tertiary/aromatic N) is 2. The third-order valence-corrected chi connectivity index (χ3v) is 2.39. The highest BCUT2D eigenvalue weighted by Gasteiger charge is 2.04. The Morgan fingerprint density at radius 3 is 3.07 bits per heavy atom. The van der Waals surface area contributed by atoms with E-state index in [9.17, 15) is 4.79 Å². The Morgan fingerprint density at radius 1 is 1.64 bits per heavy atom. The number of fused-ring (bicyclic) bond motifs is 1. The lowest BCUT2D eigenvalue weighted by Crippen LogP contribution is -2.13. The molecule has 2 rings (SSSR count). The van der Waals surface area contributed by atoms with E-state index in [-0.39, 0.29) is 5.56 Å². The van der Waals surface area contributed by atoms with E-state index < -0.39 is 0 Å². The maximum absolute atomic E-state index is 11.4. The van der Waals surface area contributed by atoms with Crippen molar-refractivity contribution >= 4 is 17.2 Å². The molecule has 2 heterocycles. The van der Waals surface area contributed by atoms with Gasteiger partial charge in [0.15, 0.2) is 0 Å². The van der Waals surface area contributed by atoms with Gasteiger partial charge in [0.25, 0.3) is 5.56 Å². The molecule has 0 atom stereocenters. The molecule has 1 N–H and O–H groups in total. The van der Waals surface area contributed by atoms with Crippen LogP contribution in [0.2, 0.25) is 0 Å². The van der Waals surface area contributed by atoms with E-state index in [1.54, 1.807) is 16.8 Å². The third-order valence-electron chi connectivity index (χ3n) is 2.12. The van der Waals surface area contributed by atoms with Crippen LogP contribution < -0.4 is 5.56 Å². The van der Waals surface area contributed by atoms with Gasteiger partial charge in [-0.25, -0.2) is 4.52 Å². The Hall–Kier alpha value is -1.29. The van der Waals surface area contributed by atoms with E-state index in [4.69, 9.17) is 11.6 Å². The van der Waals surface area contributed by atoms with E-state index in [1.807, 2.05) is 6.92 Å². The summed E-state index contributed by atoms with van der Waals surface area (Å²) < 4.78 is 1.65. The Morgan fingerprint density at radius 2 is 2.43 bits per heavy atom. The molecule has 0 aliphatic rings. The van der Waals surface area contributed by atoms with Crippen LogP contribution in [0.3, 0.4) is 0 Å². The van der Waals surface area contributed by atoms with Gasteiger partial charge < -0.3 is 4.98 Å². The largest absolute Gasteiger partial charge is 0.307 e. The molecule has 74 valence electrons. The standard InChI is InChI=1S/C9H10ClN3O/c1-2-6-5-13-8(11-9(6)14)3-7(4-10)12-13/h3,5H,2,4H2,1H3,(H,11,14). The van der Waals surface area contributed by atoms with Gasteiger partial charge >= 0.3 is 0 Å². The summed E-state index contributed by atoms with van der Waals surface area (Å²) in [6.07, 6.45) is 2.44. The monoisotopic (exact) mass is 211 g/mol. The van der Waals surface area contributed by atoms with E-state index in [0.717, 1.165) is 11.3 Å². The third kappa shape index (κ3) is 1.42. The Bertz CT molecular complexity index is 514. The lowest BCUT2D eigenvalue weighted by molar-refractivity contribution is 0.878. The minimum Gasteiger partial charge on any atom is -0.307 e. The normalized spacial score (nSPS) is 11.0. The smallest absolute Gasteiger partial charge is 0.254 e. The van der Waals surface area contributed by atoms with Crippen molar-refractivity contribution in [3.8, 4) is 0 Å². The molecule has 0 aliphatic carbocycles. The molecule has 0 aliphatic heterocycles. The molecule has 0 saturated heterocycles. The van der Waals surface area contributed by atoms with Crippen LogP contribution in [-0.4, -0.2) is 14.6 Å². The van der Waals surface area contributed by atoms with Gasteiger partial charge in [0, 0.05) is 17.8 Å². The molecule has 0 unspecified atom stereocenters. The summed E-state index contributed by atoms with van der Waals surface area (Å²) in [6.45, 7) is 1.93. The molecule has 0 bridgehead atoms. The first-order valence-electron chi connectivity index (χ1n) is 4.41. The molecule has 0 fully saturated rings. The van der Waals surface area contributed by atoms with Gasteiger partial charge in [-0.2, -0.15) is 5.10 Å². The SMILES string of the molecule is CCc1cn2nc(CCl)cc2[nH]c1=O. The Balaban J connectivity index is 2.70. The highest BCUT2D eigenvalue weighted by atomic mass is 35.5. The van der Waals surface area contributed by atoms with E-state index >= 15 is 0 Å². The van der Waals surface area contributed by atoms with Crippen LogP contribution in [0, 0.1) is 0 Å². The predicted molar refractivity (Wildman–Crippen MR) is 54.7 cm³/mol. The van der Waals surface area contributed by atoms with Crippen LogP contribution in [0.4, 0.5) is 0 Å². The number of aromatic nitrogens is 3. The lowest BCUT2D eigenvalue weighted by atomic mass is 10.3. The zero-order chi connectivity index (χ0) is 10.1. The summed E-state index contributed by atoms with van der Waals surface area (Å²) in [5.74, 6) is 0.352. The van der Waals surface area contributed by atoms with E-state index in [2.05, 4.69) is 10.1 Å². The number of halogens is 1. The molecule has 14 heavy (non-hydrogen) atoms. The van der Waals surface area contributed by atoms with Crippen molar-refractivity contribution in [2.24, 2.45) is 0 Å². The number of H-pyrrole nitrogens is 1. The van der Waals surface area contributed by atoms with Crippen LogP contribution in [0.25, 0.3) is 5.65 Å². The number of alkyl halides is 1. The first-order valence-corrected chi connectivity index (χ1v) is 4.94. The fraction of sp³-hybridized carbons (Fsp3) is 0.333. The number of rotatable bonds is 2. The summed E-state index contributed by atoms with van der Waals surface area (Å²) in [6, 6.07) is 1.77. The first kappa shape index (κ1) is 9.27. The van der Waals surface area contributed by atoms with Gasteiger partial charge in [-0.15, -0.1) is 11.6 Å². The predicted octanol–water partition coefficient (Wildman–Crippen LogP) is 1.32. The summed E-state index contributed by atoms with van der Waals surface area (Å²) >= 11 is 5.64. The van der Waals surface area contributed by atoms with Crippen molar-refractivity contribution in [2.75, 3.05) is 0 Å². The summed E-state index contributed by atoms with van der Waals surface area (Å²) in [7, 11) is 0. The number of hydrogen-bond donors (Lipinski definition) is 1. The highest BCUT2D eigenvalue weighted by molar-refractivity contribution is 6.16. The topological polar surface area (TPSA) is 50.2 Å². The van der Waals surface area contributed by atoms with Gasteiger partial charge in [0.2, 0.25) is 0 Å². The quantitative estimate of drug-likeness (QED) is 0.762. The molecule has 0 radical (unpaired) electrons. The maximum Gasteiger partial charge on any atom is 0.254 e. The Kier molecular flexibility index (Phi) is 2.29. The van der Waals surface area contributed by atoms with Crippen LogP contribution in [0.5, 0.6) is 0 Å². The number of hydrogen-bond acceptors (Lipinski definition) is 2. The molecule has 4 nitrogen and oxygen atoms in total. The van der Waals surface area contributed by atoms with Gasteiger partial charge in [0.05, 0.1) is 11.6 Å². The van der Waals surface area contributed by atoms with Gasteiger partial charge in [0.1, 0.15) is 5.65 Å². The molecule has 0 amide bonds. The second-order valence-corrected chi connectivity index (χ2v) is 3.33. The van der Waals surface area contributed by atoms with Crippen molar-refractivity contribution in [1.29, 1.82) is 0 Å². The van der Waals surface area contributed by atoms with Crippen LogP contribution in [-0.2, 0) is 12.3 Å². The van der Waals surface area contributed by atoms with Gasteiger partial charge in [-0.05, 0) is 6.42 Å². The van der Waals surface area contributed by atoms with Crippen molar-refractivity contribution in [1.82, 2.24) is 14.6 Å². The average molecular weight is 212 g/mol. The molecular formula is C9H10ClN3O. The summed E-state index contributed by atoms with van der Waals surface area (Å²) in [4.78, 5) is 14.2. The van der Waals surface area contributed by atoms with Crippen molar-refractivity contribution in [2.45, 2.75) is 19.2 Å². The molecule has 5 heteroatoms. The number of aryl methyl sites for hydroxylation is 1. The maximum atomic E-state index is 11.4. The molecule has 2 aromatic rings. The molecule has 0 aromatic carbocycles. The minimum atomic E-state index is -0.0546. The van der Waals surface area contributed by atoms with E-state index in [1.165, 1.54) is 0 Å². The minimum absolute atomic E-state index is 0.0546. The number of nitrogens with one attached hydrogen (secondary N) is 1. The van der Waals surface area contributed by atoms with Crippen LogP contribution in [0.1, 0.15) is 18.2 Å². The average Bonchev–Trinajstić information content (AvgIpc) is 2.58. The molecule has 0 saturated carbocycles. The zero-order valence-electron chi connectivity index (χ0n) is 7.75. The molecule has 0 spiro atoms. The van der Waals surface area contributed by atoms with Crippen molar-refractivity contribution in [3.05, 3.63) is 33.9 Å². The second-order valence-electron chi connectivity index (χ2n) is 3.06. The van der Waals surface area contributed by atoms with Crippen LogP contribution in [0.15, 0.2) is 17.1 Å². The highest BCUT2D eigenvalue weighted by Crippen LogP contribution is 2.05. The molecular weight excluding hydrogens is 202 g/mol. The van der Waals surface area contributed by atoms with Crippen molar-refractivity contribution in [3.63, 3.8) is 0 Å². The fourth-order valence-electron chi connectivity index (χ4n) is 1.36. The first-order chi connectivity index (χ1) is 6.74. The fourth-order valence-corrected chi connectivity index (χ4v) is 1.49. The number of aromatic amines is 1. The lowest BCUT2D eigenvalue weighted by Gasteiger charge is -1.96. The van der Waals surface area contributed by atoms with Crippen molar-refractivity contribution < 1.29 is 0 Å².